The highest BCUT2D eigenvalue weighted by atomic mass is 127. The normalized spacial score (nSPS) is 14.4. The van der Waals surface area contributed by atoms with Gasteiger partial charge in [-0.15, -0.1) is 24.0 Å². The average Bonchev–Trinajstić information content (AvgIpc) is 3.01. The zero-order valence-corrected chi connectivity index (χ0v) is 17.7. The second-order valence-electron chi connectivity index (χ2n) is 6.15. The summed E-state index contributed by atoms with van der Waals surface area (Å²) < 4.78 is 19.9. The maximum Gasteiger partial charge on any atom is 0.191 e. The van der Waals surface area contributed by atoms with Crippen molar-refractivity contribution in [3.63, 3.8) is 0 Å². The molecule has 10 heteroatoms. The molecule has 28 heavy (non-hydrogen) atoms. The smallest absolute Gasteiger partial charge is 0.191 e. The molecule has 4 N–H and O–H groups in total. The first-order valence-electron chi connectivity index (χ1n) is 8.76. The molecule has 0 atom stereocenters. The fourth-order valence-electron chi connectivity index (χ4n) is 2.89. The van der Waals surface area contributed by atoms with Crippen LogP contribution in [0.3, 0.4) is 0 Å². The fraction of sp³-hybridized carbons (Fsp3) is 0.389. The van der Waals surface area contributed by atoms with Gasteiger partial charge in [-0.2, -0.15) is 10.4 Å². The van der Waals surface area contributed by atoms with Crippen molar-refractivity contribution >= 4 is 35.8 Å². The van der Waals surface area contributed by atoms with Crippen LogP contribution in [0.1, 0.15) is 17.7 Å². The zero-order valence-electron chi connectivity index (χ0n) is 15.3. The van der Waals surface area contributed by atoms with Crippen LogP contribution >= 0.6 is 24.0 Å². The first kappa shape index (κ1) is 21.9. The van der Waals surface area contributed by atoms with Crippen molar-refractivity contribution < 1.29 is 9.13 Å². The lowest BCUT2D eigenvalue weighted by Gasteiger charge is -2.27. The minimum Gasteiger partial charge on any atom is -0.382 e. The van der Waals surface area contributed by atoms with Crippen LogP contribution in [0.2, 0.25) is 0 Å². The molecule has 2 aromatic rings. The maximum atomic E-state index is 13.1. The van der Waals surface area contributed by atoms with Gasteiger partial charge in [-0.3, -0.25) is 4.99 Å². The van der Waals surface area contributed by atoms with Crippen molar-refractivity contribution in [3.8, 4) is 11.8 Å². The number of nitrogens with two attached hydrogens (primary N) is 2. The van der Waals surface area contributed by atoms with Gasteiger partial charge in [0.05, 0.1) is 24.6 Å². The highest BCUT2D eigenvalue weighted by Crippen LogP contribution is 2.21. The van der Waals surface area contributed by atoms with Gasteiger partial charge in [-0.25, -0.2) is 9.07 Å². The molecule has 1 aromatic heterocycles. The lowest BCUT2D eigenvalue weighted by molar-refractivity contribution is 0.0674. The minimum absolute atomic E-state index is 0. The Balaban J connectivity index is 0.00000280. The van der Waals surface area contributed by atoms with Gasteiger partial charge in [0, 0.05) is 19.6 Å². The molecule has 1 aliphatic rings. The number of halogens is 2. The third-order valence-corrected chi connectivity index (χ3v) is 4.36. The van der Waals surface area contributed by atoms with Crippen molar-refractivity contribution in [2.24, 2.45) is 10.7 Å². The van der Waals surface area contributed by atoms with E-state index in [9.17, 15) is 9.65 Å². The van der Waals surface area contributed by atoms with Gasteiger partial charge < -0.3 is 21.1 Å². The summed E-state index contributed by atoms with van der Waals surface area (Å²) in [5.41, 5.74) is 13.6. The van der Waals surface area contributed by atoms with Gasteiger partial charge in [0.1, 0.15) is 23.3 Å². The Morgan fingerprint density at radius 2 is 1.96 bits per heavy atom. The molecular formula is C18H23FIN7O. The molecule has 2 heterocycles. The molecule has 0 radical (unpaired) electrons. The number of nitrogen functional groups attached to an aromatic ring is 1. The quantitative estimate of drug-likeness (QED) is 0.280. The predicted octanol–water partition coefficient (Wildman–Crippen LogP) is 1.66. The topological polar surface area (TPSA) is 118 Å². The van der Waals surface area contributed by atoms with Crippen molar-refractivity contribution in [2.45, 2.75) is 12.8 Å². The zero-order chi connectivity index (χ0) is 19.2. The first-order valence-corrected chi connectivity index (χ1v) is 8.76. The van der Waals surface area contributed by atoms with Crippen molar-refractivity contribution in [1.82, 2.24) is 14.7 Å². The SMILES string of the molecule is I.N#Cc1c(CCCN=C(N)N2CCOCC2)nn(-c2ccc(F)cc2)c1N. The monoisotopic (exact) mass is 499 g/mol. The van der Waals surface area contributed by atoms with E-state index >= 15 is 0 Å². The summed E-state index contributed by atoms with van der Waals surface area (Å²) >= 11 is 0. The molecule has 0 bridgehead atoms. The molecule has 3 rings (SSSR count). The summed E-state index contributed by atoms with van der Waals surface area (Å²) in [6, 6.07) is 7.88. The molecule has 0 aliphatic carbocycles. The average molecular weight is 499 g/mol. The van der Waals surface area contributed by atoms with E-state index < -0.39 is 0 Å². The Bertz CT molecular complexity index is 854. The van der Waals surface area contributed by atoms with Crippen LogP contribution in [0, 0.1) is 17.1 Å². The maximum absolute atomic E-state index is 13.1. The van der Waals surface area contributed by atoms with E-state index in [-0.39, 0.29) is 35.6 Å². The molecule has 1 aromatic carbocycles. The Morgan fingerprint density at radius 1 is 1.29 bits per heavy atom. The number of aryl methyl sites for hydroxylation is 1. The molecule has 0 amide bonds. The molecule has 0 saturated carbocycles. The van der Waals surface area contributed by atoms with Crippen molar-refractivity contribution in [1.29, 1.82) is 5.26 Å². The van der Waals surface area contributed by atoms with Gasteiger partial charge in [0.15, 0.2) is 5.96 Å². The van der Waals surface area contributed by atoms with Crippen LogP contribution in [0.4, 0.5) is 10.2 Å². The molecule has 0 spiro atoms. The second-order valence-corrected chi connectivity index (χ2v) is 6.15. The van der Waals surface area contributed by atoms with Crippen LogP contribution in [0.25, 0.3) is 5.69 Å². The lowest BCUT2D eigenvalue weighted by atomic mass is 10.1. The number of aromatic nitrogens is 2. The van der Waals surface area contributed by atoms with Gasteiger partial charge in [-0.05, 0) is 37.1 Å². The standard InChI is InChI=1S/C18H22FN7O.HI/c19-13-3-5-14(6-4-13)26-17(21)15(12-20)16(24-26)2-1-7-23-18(22)25-8-10-27-11-9-25;/h3-6H,1-2,7-11,21H2,(H2,22,23);1H. The van der Waals surface area contributed by atoms with Crippen molar-refractivity contribution in [3.05, 3.63) is 41.3 Å². The molecular weight excluding hydrogens is 476 g/mol. The highest BCUT2D eigenvalue weighted by Gasteiger charge is 2.16. The number of aliphatic imine (C=N–C) groups is 1. The Morgan fingerprint density at radius 3 is 2.61 bits per heavy atom. The molecule has 8 nitrogen and oxygen atoms in total. The number of nitriles is 1. The molecule has 1 saturated heterocycles. The lowest BCUT2D eigenvalue weighted by Crippen LogP contribution is -2.44. The van der Waals surface area contributed by atoms with Gasteiger partial charge in [-0.1, -0.05) is 0 Å². The number of hydrogen-bond donors (Lipinski definition) is 2. The third kappa shape index (κ3) is 5.11. The largest absolute Gasteiger partial charge is 0.382 e. The number of anilines is 1. The van der Waals surface area contributed by atoms with E-state index in [1.165, 1.54) is 16.8 Å². The number of nitrogens with zero attached hydrogens (tertiary/aromatic N) is 5. The summed E-state index contributed by atoms with van der Waals surface area (Å²) in [5, 5.41) is 13.8. The Kier molecular flexibility index (Phi) is 8.01. The first-order chi connectivity index (χ1) is 13.1. The summed E-state index contributed by atoms with van der Waals surface area (Å²) in [6.07, 6.45) is 1.22. The molecule has 1 aliphatic heterocycles. The highest BCUT2D eigenvalue weighted by molar-refractivity contribution is 14.0. The third-order valence-electron chi connectivity index (χ3n) is 4.36. The van der Waals surface area contributed by atoms with E-state index in [1.54, 1.807) is 12.1 Å². The van der Waals surface area contributed by atoms with E-state index in [0.29, 0.717) is 55.5 Å². The number of morpholine rings is 1. The number of ether oxygens (including phenoxy) is 1. The van der Waals surface area contributed by atoms with Gasteiger partial charge in [0.25, 0.3) is 0 Å². The van der Waals surface area contributed by atoms with E-state index in [4.69, 9.17) is 16.2 Å². The second kappa shape index (κ2) is 10.2. The number of hydrogen-bond acceptors (Lipinski definition) is 5. The fourth-order valence-corrected chi connectivity index (χ4v) is 2.89. The van der Waals surface area contributed by atoms with Crippen LogP contribution in [-0.4, -0.2) is 53.5 Å². The number of rotatable bonds is 5. The predicted molar refractivity (Wildman–Crippen MR) is 115 cm³/mol. The molecule has 1 fully saturated rings. The van der Waals surface area contributed by atoms with E-state index in [2.05, 4.69) is 16.2 Å². The summed E-state index contributed by atoms with van der Waals surface area (Å²) in [7, 11) is 0. The Labute approximate surface area is 180 Å². The molecule has 0 unspecified atom stereocenters. The summed E-state index contributed by atoms with van der Waals surface area (Å²) in [6.45, 7) is 3.32. The van der Waals surface area contributed by atoms with E-state index in [1.807, 2.05) is 4.90 Å². The molecule has 150 valence electrons. The van der Waals surface area contributed by atoms with Crippen LogP contribution < -0.4 is 11.5 Å². The summed E-state index contributed by atoms with van der Waals surface area (Å²) in [4.78, 5) is 6.38. The van der Waals surface area contributed by atoms with Crippen molar-refractivity contribution in [2.75, 3.05) is 38.6 Å². The van der Waals surface area contributed by atoms with Gasteiger partial charge >= 0.3 is 0 Å². The van der Waals surface area contributed by atoms with E-state index in [0.717, 1.165) is 13.1 Å². The van der Waals surface area contributed by atoms with Gasteiger partial charge in [0.2, 0.25) is 0 Å². The summed E-state index contributed by atoms with van der Waals surface area (Å²) in [5.74, 6) is 0.409. The van der Waals surface area contributed by atoms with Crippen LogP contribution in [-0.2, 0) is 11.2 Å². The Hall–Kier alpha value is -2.39. The number of guanidine groups is 1. The number of benzene rings is 1. The minimum atomic E-state index is -0.346. The van der Waals surface area contributed by atoms with Crippen LogP contribution in [0.15, 0.2) is 29.3 Å². The van der Waals surface area contributed by atoms with Crippen LogP contribution in [0.5, 0.6) is 0 Å².